The number of thiol groups is 1. The molecule has 0 unspecified atom stereocenters. The van der Waals surface area contributed by atoms with E-state index in [9.17, 15) is 0 Å². The molecule has 1 rings (SSSR count). The summed E-state index contributed by atoms with van der Waals surface area (Å²) in [6.45, 7) is 10.4. The van der Waals surface area contributed by atoms with E-state index in [4.69, 9.17) is 0 Å². The lowest BCUT2D eigenvalue weighted by Crippen LogP contribution is -1.95. The molecule has 0 saturated heterocycles. The minimum atomic E-state index is 0.560. The first-order chi connectivity index (χ1) is 7.60. The Balaban J connectivity index is 3.23. The smallest absolute Gasteiger partial charge is 0.0577 e. The monoisotopic (exact) mass is 233 g/mol. The van der Waals surface area contributed by atoms with Crippen LogP contribution in [-0.4, -0.2) is 4.98 Å². The number of allylic oxidation sites excluding steroid dienone is 1. The molecule has 0 aromatic carbocycles. The molecular formula is C14H19NS. The lowest BCUT2D eigenvalue weighted by Gasteiger charge is -2.09. The van der Waals surface area contributed by atoms with Gasteiger partial charge in [0.15, 0.2) is 0 Å². The summed E-state index contributed by atoms with van der Waals surface area (Å²) in [4.78, 5) is 4.30. The Morgan fingerprint density at radius 1 is 1.56 bits per heavy atom. The van der Waals surface area contributed by atoms with Crippen LogP contribution in [0.1, 0.15) is 37.6 Å². The first kappa shape index (κ1) is 13.0. The fourth-order valence-corrected chi connectivity index (χ4v) is 1.68. The molecule has 0 spiro atoms. The van der Waals surface area contributed by atoms with Gasteiger partial charge in [-0.1, -0.05) is 38.2 Å². The summed E-state index contributed by atoms with van der Waals surface area (Å²) in [7, 11) is 0. The maximum atomic E-state index is 4.30. The zero-order chi connectivity index (χ0) is 12.1. The molecule has 1 aromatic heterocycles. The first-order valence-electron chi connectivity index (χ1n) is 5.49. The predicted molar refractivity (Wildman–Crippen MR) is 75.5 cm³/mol. The van der Waals surface area contributed by atoms with Crippen molar-refractivity contribution in [2.45, 2.75) is 26.5 Å². The van der Waals surface area contributed by atoms with Gasteiger partial charge < -0.3 is 0 Å². The number of pyridine rings is 1. The van der Waals surface area contributed by atoms with E-state index in [0.717, 1.165) is 11.3 Å². The van der Waals surface area contributed by atoms with E-state index < -0.39 is 0 Å². The molecule has 1 aromatic rings. The van der Waals surface area contributed by atoms with E-state index in [1.807, 2.05) is 18.3 Å². The zero-order valence-electron chi connectivity index (χ0n) is 10.2. The Morgan fingerprint density at radius 2 is 2.25 bits per heavy atom. The standard InChI is InChI=1S/C14H19NS/c1-5-13-12(8-11(4)10(2)3)6-7-15-14(13)9-16/h5-8,10,16H,1,9H2,2-4H3/b11-8+. The first-order valence-corrected chi connectivity index (χ1v) is 6.12. The Bertz CT molecular complexity index is 405. The van der Waals surface area contributed by atoms with Crippen LogP contribution in [0.4, 0.5) is 0 Å². The molecule has 0 bridgehead atoms. The van der Waals surface area contributed by atoms with Gasteiger partial charge in [-0.05, 0) is 24.5 Å². The number of aromatic nitrogens is 1. The molecule has 0 aliphatic heterocycles. The normalized spacial score (nSPS) is 11.9. The van der Waals surface area contributed by atoms with E-state index in [0.29, 0.717) is 11.7 Å². The van der Waals surface area contributed by atoms with E-state index in [-0.39, 0.29) is 0 Å². The van der Waals surface area contributed by atoms with Gasteiger partial charge in [0.25, 0.3) is 0 Å². The molecule has 0 saturated carbocycles. The number of nitrogens with zero attached hydrogens (tertiary/aromatic N) is 1. The van der Waals surface area contributed by atoms with Crippen molar-refractivity contribution in [1.82, 2.24) is 4.98 Å². The SMILES string of the molecule is C=Cc1c(/C=C(\C)C(C)C)ccnc1CS. The Labute approximate surface area is 104 Å². The third kappa shape index (κ3) is 2.99. The second kappa shape index (κ2) is 5.90. The molecule has 0 fully saturated rings. The third-order valence-corrected chi connectivity index (χ3v) is 3.05. The van der Waals surface area contributed by atoms with Gasteiger partial charge in [0.2, 0.25) is 0 Å². The van der Waals surface area contributed by atoms with Crippen molar-refractivity contribution in [3.63, 3.8) is 0 Å². The van der Waals surface area contributed by atoms with Crippen LogP contribution < -0.4 is 0 Å². The number of rotatable bonds is 4. The predicted octanol–water partition coefficient (Wildman–Crippen LogP) is 4.21. The van der Waals surface area contributed by atoms with Gasteiger partial charge in [-0.25, -0.2) is 0 Å². The Morgan fingerprint density at radius 3 is 2.75 bits per heavy atom. The highest BCUT2D eigenvalue weighted by molar-refractivity contribution is 7.79. The van der Waals surface area contributed by atoms with Crippen LogP contribution in [-0.2, 0) is 5.75 Å². The zero-order valence-corrected chi connectivity index (χ0v) is 11.1. The summed E-state index contributed by atoms with van der Waals surface area (Å²) < 4.78 is 0. The fraction of sp³-hybridized carbons (Fsp3) is 0.357. The van der Waals surface area contributed by atoms with Crippen LogP contribution in [0.2, 0.25) is 0 Å². The maximum Gasteiger partial charge on any atom is 0.0577 e. The van der Waals surface area contributed by atoms with Crippen LogP contribution in [0.5, 0.6) is 0 Å². The van der Waals surface area contributed by atoms with Crippen LogP contribution in [0.3, 0.4) is 0 Å². The van der Waals surface area contributed by atoms with Crippen molar-refractivity contribution in [2.24, 2.45) is 5.92 Å². The minimum absolute atomic E-state index is 0.560. The molecule has 0 N–H and O–H groups in total. The Hall–Kier alpha value is -1.02. The van der Waals surface area contributed by atoms with Gasteiger partial charge in [0, 0.05) is 17.5 Å². The van der Waals surface area contributed by atoms with Gasteiger partial charge in [-0.15, -0.1) is 0 Å². The Kier molecular flexibility index (Phi) is 4.81. The number of hydrogen-bond donors (Lipinski definition) is 1. The molecule has 0 aliphatic rings. The second-order valence-corrected chi connectivity index (χ2v) is 4.48. The summed E-state index contributed by atoms with van der Waals surface area (Å²) in [5.41, 5.74) is 4.63. The van der Waals surface area contributed by atoms with E-state index in [1.54, 1.807) is 0 Å². The fourth-order valence-electron chi connectivity index (χ4n) is 1.43. The number of hydrogen-bond acceptors (Lipinski definition) is 2. The highest BCUT2D eigenvalue weighted by Gasteiger charge is 2.05. The van der Waals surface area contributed by atoms with Crippen molar-refractivity contribution < 1.29 is 0 Å². The molecule has 86 valence electrons. The average Bonchev–Trinajstić information content (AvgIpc) is 2.28. The molecule has 0 aliphatic carbocycles. The molecule has 1 heterocycles. The van der Waals surface area contributed by atoms with E-state index >= 15 is 0 Å². The van der Waals surface area contributed by atoms with Gasteiger partial charge in [-0.3, -0.25) is 4.98 Å². The molecule has 2 heteroatoms. The van der Waals surface area contributed by atoms with Gasteiger partial charge in [-0.2, -0.15) is 12.6 Å². The quantitative estimate of drug-likeness (QED) is 0.768. The summed E-state index contributed by atoms with van der Waals surface area (Å²) >= 11 is 4.28. The van der Waals surface area contributed by atoms with Crippen molar-refractivity contribution in [3.05, 3.63) is 41.2 Å². The van der Waals surface area contributed by atoms with E-state index in [2.05, 4.69) is 51.0 Å². The van der Waals surface area contributed by atoms with Crippen molar-refractivity contribution in [2.75, 3.05) is 0 Å². The van der Waals surface area contributed by atoms with Gasteiger partial charge in [0.1, 0.15) is 0 Å². The third-order valence-electron chi connectivity index (χ3n) is 2.75. The molecule has 0 radical (unpaired) electrons. The molecule has 16 heavy (non-hydrogen) atoms. The topological polar surface area (TPSA) is 12.9 Å². The van der Waals surface area contributed by atoms with Crippen LogP contribution in [0, 0.1) is 5.92 Å². The van der Waals surface area contributed by atoms with E-state index in [1.165, 1.54) is 11.1 Å². The second-order valence-electron chi connectivity index (χ2n) is 4.17. The van der Waals surface area contributed by atoms with Crippen LogP contribution in [0.15, 0.2) is 24.4 Å². The molecule has 1 nitrogen and oxygen atoms in total. The lowest BCUT2D eigenvalue weighted by molar-refractivity contribution is 0.776. The molecule has 0 atom stereocenters. The maximum absolute atomic E-state index is 4.30. The average molecular weight is 233 g/mol. The van der Waals surface area contributed by atoms with Crippen molar-refractivity contribution >= 4 is 24.8 Å². The summed E-state index contributed by atoms with van der Waals surface area (Å²) in [5, 5.41) is 0. The van der Waals surface area contributed by atoms with Crippen LogP contribution >= 0.6 is 12.6 Å². The summed E-state index contributed by atoms with van der Waals surface area (Å²) in [6, 6.07) is 2.02. The van der Waals surface area contributed by atoms with Crippen molar-refractivity contribution in [3.8, 4) is 0 Å². The highest BCUT2D eigenvalue weighted by atomic mass is 32.1. The lowest BCUT2D eigenvalue weighted by atomic mass is 9.99. The van der Waals surface area contributed by atoms with Gasteiger partial charge in [0.05, 0.1) is 5.69 Å². The summed E-state index contributed by atoms with van der Waals surface area (Å²) in [6.07, 6.45) is 5.90. The minimum Gasteiger partial charge on any atom is -0.260 e. The van der Waals surface area contributed by atoms with Crippen molar-refractivity contribution in [1.29, 1.82) is 0 Å². The molecular weight excluding hydrogens is 214 g/mol. The summed E-state index contributed by atoms with van der Waals surface area (Å²) in [5.74, 6) is 1.20. The largest absolute Gasteiger partial charge is 0.260 e. The van der Waals surface area contributed by atoms with Crippen LogP contribution in [0.25, 0.3) is 12.2 Å². The van der Waals surface area contributed by atoms with Gasteiger partial charge >= 0.3 is 0 Å². The highest BCUT2D eigenvalue weighted by Crippen LogP contribution is 2.20. The molecule has 0 amide bonds.